The van der Waals surface area contributed by atoms with Crippen LogP contribution in [0.1, 0.15) is 39.7 Å². The maximum Gasteiger partial charge on any atom is 0.285 e. The number of hydrogen-bond acceptors (Lipinski definition) is 4. The Morgan fingerprint density at radius 1 is 1.41 bits per heavy atom. The van der Waals surface area contributed by atoms with Crippen molar-refractivity contribution in [3.63, 3.8) is 0 Å². The molecule has 0 saturated carbocycles. The van der Waals surface area contributed by atoms with E-state index in [-0.39, 0.29) is 22.8 Å². The molecule has 1 heterocycles. The molecule has 0 aliphatic rings. The highest BCUT2D eigenvalue weighted by Gasteiger charge is 2.30. The molecule has 0 aliphatic heterocycles. The third kappa shape index (κ3) is 7.04. The van der Waals surface area contributed by atoms with Crippen molar-refractivity contribution in [2.75, 3.05) is 0 Å². The van der Waals surface area contributed by atoms with E-state index in [1.54, 1.807) is 26.0 Å². The van der Waals surface area contributed by atoms with Gasteiger partial charge in [0.2, 0.25) is 0 Å². The fraction of sp³-hybridized carbons (Fsp3) is 0.300. The normalized spacial score (nSPS) is 14.9. The lowest BCUT2D eigenvalue weighted by Gasteiger charge is -2.17. The molecule has 0 aliphatic carbocycles. The van der Waals surface area contributed by atoms with Crippen LogP contribution in [-0.2, 0) is 4.79 Å². The second-order valence-corrected chi connectivity index (χ2v) is 7.42. The quantitative estimate of drug-likeness (QED) is 0.181. The van der Waals surface area contributed by atoms with Gasteiger partial charge in [0.15, 0.2) is 5.78 Å². The molecule has 1 aromatic rings. The smallest absolute Gasteiger partial charge is 0.285 e. The second-order valence-electron chi connectivity index (χ2n) is 6.06. The van der Waals surface area contributed by atoms with E-state index < -0.39 is 5.66 Å². The summed E-state index contributed by atoms with van der Waals surface area (Å²) >= 11 is 4.13. The SMILES string of the molecule is C=C(S)C/C(C)=C(/N=C(C)/C(=C\C(=C/C)c1ccoc1)C(F)(F)P)C(C)=O. The van der Waals surface area contributed by atoms with Gasteiger partial charge in [0.05, 0.1) is 12.5 Å². The van der Waals surface area contributed by atoms with Crippen molar-refractivity contribution in [3.8, 4) is 0 Å². The number of allylic oxidation sites excluding steroid dienone is 7. The van der Waals surface area contributed by atoms with Crippen molar-refractivity contribution in [3.05, 3.63) is 64.6 Å². The highest BCUT2D eigenvalue weighted by Crippen LogP contribution is 2.35. The van der Waals surface area contributed by atoms with Gasteiger partial charge in [0.1, 0.15) is 5.70 Å². The number of alkyl halides is 2. The number of ketones is 1. The number of furan rings is 1. The largest absolute Gasteiger partial charge is 0.472 e. The average molecular weight is 411 g/mol. The highest BCUT2D eigenvalue weighted by atomic mass is 32.1. The van der Waals surface area contributed by atoms with Crippen LogP contribution in [0.25, 0.3) is 5.57 Å². The molecule has 27 heavy (non-hydrogen) atoms. The van der Waals surface area contributed by atoms with E-state index >= 15 is 0 Å². The van der Waals surface area contributed by atoms with Crippen LogP contribution >= 0.6 is 21.9 Å². The predicted molar refractivity (Wildman–Crippen MR) is 114 cm³/mol. The van der Waals surface area contributed by atoms with Gasteiger partial charge in [-0.25, -0.2) is 4.99 Å². The highest BCUT2D eigenvalue weighted by molar-refractivity contribution is 7.84. The first-order valence-electron chi connectivity index (χ1n) is 8.18. The van der Waals surface area contributed by atoms with E-state index in [9.17, 15) is 13.6 Å². The molecule has 7 heteroatoms. The van der Waals surface area contributed by atoms with Crippen LogP contribution in [0.4, 0.5) is 8.78 Å². The lowest BCUT2D eigenvalue weighted by molar-refractivity contribution is -0.113. The third-order valence-corrected chi connectivity index (χ3v) is 4.17. The van der Waals surface area contributed by atoms with Gasteiger partial charge in [-0.05, 0) is 49.0 Å². The van der Waals surface area contributed by atoms with Gasteiger partial charge in [0.25, 0.3) is 5.66 Å². The zero-order valence-electron chi connectivity index (χ0n) is 15.8. The summed E-state index contributed by atoms with van der Waals surface area (Å²) in [6.07, 6.45) is 6.34. The molecule has 146 valence electrons. The Bertz CT molecular complexity index is 829. The molecule has 1 rings (SSSR count). The molecule has 0 radical (unpaired) electrons. The van der Waals surface area contributed by atoms with Crippen molar-refractivity contribution >= 4 is 38.9 Å². The molecule has 0 bridgehead atoms. The Balaban J connectivity index is 3.51. The first kappa shape index (κ1) is 23.3. The van der Waals surface area contributed by atoms with Crippen molar-refractivity contribution < 1.29 is 18.0 Å². The summed E-state index contributed by atoms with van der Waals surface area (Å²) in [5, 5.41) is 0. The Morgan fingerprint density at radius 2 is 2.04 bits per heavy atom. The van der Waals surface area contributed by atoms with Crippen LogP contribution in [0.3, 0.4) is 0 Å². The minimum Gasteiger partial charge on any atom is -0.472 e. The number of halogens is 2. The van der Waals surface area contributed by atoms with E-state index in [0.717, 1.165) is 0 Å². The van der Waals surface area contributed by atoms with Crippen molar-refractivity contribution in [1.82, 2.24) is 0 Å². The fourth-order valence-electron chi connectivity index (χ4n) is 2.45. The molecule has 0 N–H and O–H groups in total. The van der Waals surface area contributed by atoms with Gasteiger partial charge in [-0.2, -0.15) is 8.78 Å². The molecule has 0 spiro atoms. The topological polar surface area (TPSA) is 42.6 Å². The summed E-state index contributed by atoms with van der Waals surface area (Å²) < 4.78 is 33.6. The fourth-order valence-corrected chi connectivity index (χ4v) is 2.98. The van der Waals surface area contributed by atoms with Crippen LogP contribution in [-0.4, -0.2) is 17.2 Å². The van der Waals surface area contributed by atoms with Gasteiger partial charge in [0, 0.05) is 30.2 Å². The molecule has 3 nitrogen and oxygen atoms in total. The Kier molecular flexibility index (Phi) is 8.58. The van der Waals surface area contributed by atoms with Crippen LogP contribution < -0.4 is 0 Å². The van der Waals surface area contributed by atoms with Gasteiger partial charge in [-0.15, -0.1) is 12.6 Å². The summed E-state index contributed by atoms with van der Waals surface area (Å²) in [5.74, 6) is -0.311. The van der Waals surface area contributed by atoms with Crippen molar-refractivity contribution in [2.45, 2.75) is 39.8 Å². The van der Waals surface area contributed by atoms with E-state index in [4.69, 9.17) is 4.42 Å². The number of nitrogens with zero attached hydrogens (tertiary/aromatic N) is 1. The summed E-state index contributed by atoms with van der Waals surface area (Å²) in [7, 11) is 1.52. The Hall–Kier alpha value is -1.78. The summed E-state index contributed by atoms with van der Waals surface area (Å²) in [5.41, 5.74) is -1.51. The van der Waals surface area contributed by atoms with Gasteiger partial charge in [-0.1, -0.05) is 21.9 Å². The lowest BCUT2D eigenvalue weighted by atomic mass is 10.0. The summed E-state index contributed by atoms with van der Waals surface area (Å²) in [4.78, 5) is 16.8. The third-order valence-electron chi connectivity index (χ3n) is 3.70. The zero-order valence-corrected chi connectivity index (χ0v) is 17.9. The van der Waals surface area contributed by atoms with Crippen LogP contribution in [0.2, 0.25) is 0 Å². The second kappa shape index (κ2) is 9.95. The standard InChI is InChI=1S/C20H24F2NO2PS/c1-6-16(17-7-8-25-11-17)10-18(20(21,22)26)14(4)23-19(15(5)24)12(2)9-13(3)27/h6-8,10-11,27H,3,9,26H2,1-2,4-5H3/b16-6+,18-10+,19-12+,23-14+. The Morgan fingerprint density at radius 3 is 2.44 bits per heavy atom. The minimum atomic E-state index is -3.23. The molecule has 1 unspecified atom stereocenters. The van der Waals surface area contributed by atoms with Crippen molar-refractivity contribution in [1.29, 1.82) is 0 Å². The maximum absolute atomic E-state index is 14.3. The van der Waals surface area contributed by atoms with E-state index in [2.05, 4.69) is 24.2 Å². The monoisotopic (exact) mass is 411 g/mol. The number of hydrogen-bond donors (Lipinski definition) is 1. The number of carbonyl (C=O) groups excluding carboxylic acids is 1. The number of Topliss-reactive ketones (excluding diaryl/α,β-unsaturated/α-hetero) is 1. The van der Waals surface area contributed by atoms with E-state index in [0.29, 0.717) is 28.0 Å². The predicted octanol–water partition coefficient (Wildman–Crippen LogP) is 6.23. The van der Waals surface area contributed by atoms with Crippen LogP contribution in [0.15, 0.2) is 68.5 Å². The first-order valence-corrected chi connectivity index (χ1v) is 9.20. The summed E-state index contributed by atoms with van der Waals surface area (Å²) in [6.45, 7) is 9.95. The van der Waals surface area contributed by atoms with Crippen LogP contribution in [0.5, 0.6) is 0 Å². The van der Waals surface area contributed by atoms with Gasteiger partial charge >= 0.3 is 0 Å². The number of rotatable bonds is 8. The number of thiol groups is 1. The number of aliphatic imine (C=N–C) groups is 1. The lowest BCUT2D eigenvalue weighted by Crippen LogP contribution is -2.17. The maximum atomic E-state index is 14.3. The van der Waals surface area contributed by atoms with Crippen molar-refractivity contribution in [2.24, 2.45) is 4.99 Å². The molecule has 0 fully saturated rings. The molecular weight excluding hydrogens is 387 g/mol. The molecule has 0 saturated heterocycles. The Labute approximate surface area is 166 Å². The van der Waals surface area contributed by atoms with Gasteiger partial charge in [-0.3, -0.25) is 4.79 Å². The minimum absolute atomic E-state index is 0.0483. The number of carbonyl (C=O) groups is 1. The molecule has 1 atom stereocenters. The molecule has 1 aromatic heterocycles. The van der Waals surface area contributed by atoms with E-state index in [1.165, 1.54) is 41.7 Å². The summed E-state index contributed by atoms with van der Waals surface area (Å²) in [6, 6.07) is 1.68. The molecular formula is C20H24F2NO2PS. The van der Waals surface area contributed by atoms with Gasteiger partial charge < -0.3 is 4.42 Å². The van der Waals surface area contributed by atoms with E-state index in [1.807, 2.05) is 0 Å². The first-order chi connectivity index (χ1) is 12.5. The van der Waals surface area contributed by atoms with Crippen LogP contribution in [0, 0.1) is 0 Å². The molecule has 0 amide bonds. The molecule has 0 aromatic carbocycles. The average Bonchev–Trinajstić information content (AvgIpc) is 3.05. The zero-order chi connectivity index (χ0) is 20.8.